The molecule has 0 aliphatic rings. The Morgan fingerprint density at radius 2 is 0.962 bits per heavy atom. The van der Waals surface area contributed by atoms with Gasteiger partial charge < -0.3 is 11.5 Å². The summed E-state index contributed by atoms with van der Waals surface area (Å²) < 4.78 is 0. The van der Waals surface area contributed by atoms with Crippen molar-refractivity contribution in [3.05, 3.63) is 0 Å². The van der Waals surface area contributed by atoms with Crippen molar-refractivity contribution in [3.63, 3.8) is 0 Å². The van der Waals surface area contributed by atoms with Crippen molar-refractivity contribution in [2.45, 2.75) is 123 Å². The highest BCUT2D eigenvalue weighted by Gasteiger charge is 1.95. The van der Waals surface area contributed by atoms with Crippen molar-refractivity contribution in [2.75, 3.05) is 0 Å². The molecule has 0 radical (unpaired) electrons. The Labute approximate surface area is 167 Å². The van der Waals surface area contributed by atoms with Crippen LogP contribution in [-0.2, 0) is 9.59 Å². The number of primary amides is 2. The fourth-order valence-electron chi connectivity index (χ4n) is 0.246. The molecule has 4 N–H and O–H groups in total. The lowest BCUT2D eigenvalue weighted by molar-refractivity contribution is -0.118. The summed E-state index contributed by atoms with van der Waals surface area (Å²) in [7, 11) is 0. The minimum Gasteiger partial charge on any atom is -0.370 e. The molecule has 4 heteroatoms. The third kappa shape index (κ3) is 711. The van der Waals surface area contributed by atoms with E-state index >= 15 is 0 Å². The zero-order valence-electron chi connectivity index (χ0n) is 19.9. The lowest BCUT2D eigenvalue weighted by Gasteiger charge is -2.05. The van der Waals surface area contributed by atoms with Gasteiger partial charge in [0, 0.05) is 12.8 Å². The average Bonchev–Trinajstić information content (AvgIpc) is 2.39. The van der Waals surface area contributed by atoms with Gasteiger partial charge in [-0.1, -0.05) is 104 Å². The van der Waals surface area contributed by atoms with E-state index in [0.717, 1.165) is 12.3 Å². The van der Waals surface area contributed by atoms with E-state index in [2.05, 4.69) is 68.0 Å². The van der Waals surface area contributed by atoms with Crippen LogP contribution < -0.4 is 11.5 Å². The maximum Gasteiger partial charge on any atom is 0.217 e. The Kier molecular flexibility index (Phi) is 66.9. The predicted octanol–water partition coefficient (Wildman–Crippen LogP) is 6.95. The van der Waals surface area contributed by atoms with E-state index in [4.69, 9.17) is 5.73 Å². The van der Waals surface area contributed by atoms with Crippen LogP contribution in [0.1, 0.15) is 123 Å². The van der Waals surface area contributed by atoms with Crippen molar-refractivity contribution in [1.29, 1.82) is 0 Å². The molecular formula is C22H56N2O2. The van der Waals surface area contributed by atoms with Crippen LogP contribution in [0, 0.1) is 11.3 Å². The topological polar surface area (TPSA) is 86.2 Å². The largest absolute Gasteiger partial charge is 0.370 e. The van der Waals surface area contributed by atoms with Gasteiger partial charge >= 0.3 is 0 Å². The molecule has 26 heavy (non-hydrogen) atoms. The lowest BCUT2D eigenvalue weighted by atomic mass is 10.0. The summed E-state index contributed by atoms with van der Waals surface area (Å²) in [6.07, 6.45) is 3.06. The Hall–Kier alpha value is -1.06. The van der Waals surface area contributed by atoms with Crippen molar-refractivity contribution in [3.8, 4) is 0 Å². The second-order valence-corrected chi connectivity index (χ2v) is 7.48. The first-order valence-electron chi connectivity index (χ1n) is 9.75. The fraction of sp³-hybridized carbons (Fsp3) is 0.909. The van der Waals surface area contributed by atoms with E-state index in [1.165, 1.54) is 6.42 Å². The van der Waals surface area contributed by atoms with E-state index in [-0.39, 0.29) is 19.2 Å². The maximum atomic E-state index is 9.82. The minimum absolute atomic E-state index is 0. The van der Waals surface area contributed by atoms with E-state index in [1.807, 2.05) is 20.8 Å². The number of carbonyl (C=O) groups excluding carboxylic acids is 2. The first-order valence-corrected chi connectivity index (χ1v) is 9.75. The molecule has 0 bridgehead atoms. The van der Waals surface area contributed by atoms with Gasteiger partial charge in [0.15, 0.2) is 0 Å². The SMILES string of the molecule is C.CC.CC(C)(C)C.CC(C)C.CCC.CCC(N)=O.CCCC(N)=O. The summed E-state index contributed by atoms with van der Waals surface area (Å²) in [4.78, 5) is 19.4. The summed E-state index contributed by atoms with van der Waals surface area (Å²) in [5, 5.41) is 0. The van der Waals surface area contributed by atoms with Crippen LogP contribution in [-0.4, -0.2) is 11.8 Å². The molecule has 0 heterocycles. The fourth-order valence-corrected chi connectivity index (χ4v) is 0.246. The van der Waals surface area contributed by atoms with Gasteiger partial charge in [-0.05, 0) is 17.8 Å². The second kappa shape index (κ2) is 39.1. The van der Waals surface area contributed by atoms with Crippen molar-refractivity contribution in [2.24, 2.45) is 22.8 Å². The van der Waals surface area contributed by atoms with Gasteiger partial charge in [-0.15, -0.1) is 0 Å². The molecule has 0 aromatic carbocycles. The van der Waals surface area contributed by atoms with Crippen molar-refractivity contribution in [1.82, 2.24) is 0 Å². The Morgan fingerprint density at radius 3 is 0.962 bits per heavy atom. The smallest absolute Gasteiger partial charge is 0.217 e. The molecule has 0 fully saturated rings. The Balaban J connectivity index is -0.0000000340. The molecule has 0 spiro atoms. The Bertz CT molecular complexity index is 224. The number of carbonyl (C=O) groups is 2. The summed E-state index contributed by atoms with van der Waals surface area (Å²) >= 11 is 0. The van der Waals surface area contributed by atoms with Crippen LogP contribution in [0.4, 0.5) is 0 Å². The first-order chi connectivity index (χ1) is 11.2. The van der Waals surface area contributed by atoms with Gasteiger partial charge in [0.2, 0.25) is 11.8 Å². The molecule has 0 atom stereocenters. The highest BCUT2D eigenvalue weighted by Crippen LogP contribution is 2.08. The molecule has 0 saturated carbocycles. The van der Waals surface area contributed by atoms with Gasteiger partial charge in [-0.3, -0.25) is 9.59 Å². The number of hydrogen-bond acceptors (Lipinski definition) is 2. The summed E-state index contributed by atoms with van der Waals surface area (Å²) in [5.74, 6) is 0.377. The highest BCUT2D eigenvalue weighted by molar-refractivity contribution is 5.73. The molecule has 0 aliphatic carbocycles. The third-order valence-corrected chi connectivity index (χ3v) is 0.845. The molecule has 0 unspecified atom stereocenters. The van der Waals surface area contributed by atoms with Crippen molar-refractivity contribution >= 4 is 11.8 Å². The molecule has 166 valence electrons. The number of rotatable bonds is 3. The van der Waals surface area contributed by atoms with E-state index in [1.54, 1.807) is 6.92 Å². The number of nitrogens with two attached hydrogens (primary N) is 2. The van der Waals surface area contributed by atoms with Gasteiger partial charge in [-0.25, -0.2) is 0 Å². The van der Waals surface area contributed by atoms with Crippen LogP contribution in [0.5, 0.6) is 0 Å². The van der Waals surface area contributed by atoms with Crippen LogP contribution >= 0.6 is 0 Å². The second-order valence-electron chi connectivity index (χ2n) is 7.48. The molecular weight excluding hydrogens is 324 g/mol. The molecule has 0 aromatic heterocycles. The van der Waals surface area contributed by atoms with E-state index in [9.17, 15) is 9.59 Å². The molecule has 0 rings (SSSR count). The van der Waals surface area contributed by atoms with Gasteiger partial charge in [-0.2, -0.15) is 0 Å². The van der Waals surface area contributed by atoms with Gasteiger partial charge in [0.05, 0.1) is 0 Å². The lowest BCUT2D eigenvalue weighted by Crippen LogP contribution is -2.08. The van der Waals surface area contributed by atoms with Crippen LogP contribution in [0.2, 0.25) is 0 Å². The van der Waals surface area contributed by atoms with E-state index in [0.29, 0.717) is 18.3 Å². The monoisotopic (exact) mass is 380 g/mol. The standard InChI is InChI=1S/C5H12.C4H9NO.C4H10.C3H7NO.C3H8.C2H6.CH4/c1-5(2,3)4;1-2-3-4(5)6;1-4(2)3;1-2-3(4)5;1-3-2;1-2;/h1-4H3;2-3H2,1H3,(H2,5,6);4H,1-3H3;2H2,1H3,(H2,4,5);3H2,1-2H3;1-2H3;1H4. The molecule has 0 aliphatic heterocycles. The maximum absolute atomic E-state index is 9.82. The summed E-state index contributed by atoms with van der Waals surface area (Å²) in [6.45, 7) is 27.1. The zero-order valence-corrected chi connectivity index (χ0v) is 19.9. The quantitative estimate of drug-likeness (QED) is 0.555. The Morgan fingerprint density at radius 1 is 0.808 bits per heavy atom. The minimum atomic E-state index is -0.245. The normalized spacial score (nSPS) is 7.92. The number of amides is 2. The molecule has 2 amide bonds. The summed E-state index contributed by atoms with van der Waals surface area (Å²) in [5.41, 5.74) is 9.92. The van der Waals surface area contributed by atoms with Crippen LogP contribution in [0.25, 0.3) is 0 Å². The predicted molar refractivity (Wildman–Crippen MR) is 123 cm³/mol. The molecule has 0 saturated heterocycles. The van der Waals surface area contributed by atoms with Crippen molar-refractivity contribution < 1.29 is 9.59 Å². The zero-order chi connectivity index (χ0) is 22.1. The van der Waals surface area contributed by atoms with Crippen LogP contribution in [0.3, 0.4) is 0 Å². The van der Waals surface area contributed by atoms with E-state index < -0.39 is 0 Å². The highest BCUT2D eigenvalue weighted by atomic mass is 16.1. The first kappa shape index (κ1) is 44.4. The van der Waals surface area contributed by atoms with Gasteiger partial charge in [0.25, 0.3) is 0 Å². The summed E-state index contributed by atoms with van der Waals surface area (Å²) in [6, 6.07) is 0. The number of hydrogen-bond donors (Lipinski definition) is 2. The molecule has 0 aromatic rings. The molecule has 4 nitrogen and oxygen atoms in total. The third-order valence-electron chi connectivity index (χ3n) is 0.845. The average molecular weight is 381 g/mol. The van der Waals surface area contributed by atoms with Gasteiger partial charge in [0.1, 0.15) is 0 Å². The van der Waals surface area contributed by atoms with Crippen LogP contribution in [0.15, 0.2) is 0 Å².